The number of amides is 2. The zero-order valence-electron chi connectivity index (χ0n) is 12.5. The van der Waals surface area contributed by atoms with E-state index in [1.165, 1.54) is 0 Å². The monoisotopic (exact) mass is 354 g/mol. The molecule has 0 spiro atoms. The van der Waals surface area contributed by atoms with Crippen LogP contribution < -0.4 is 10.6 Å². The molecule has 128 valence electrons. The molecule has 0 bridgehead atoms. The SMILES string of the molecule is CSCCC(NC=O)C(=O)O.CSCCC(NC=O)C(=O)O. The molecule has 22 heavy (non-hydrogen) atoms. The van der Waals surface area contributed by atoms with Gasteiger partial charge in [0.25, 0.3) is 0 Å². The van der Waals surface area contributed by atoms with E-state index in [2.05, 4.69) is 10.6 Å². The van der Waals surface area contributed by atoms with E-state index in [1.807, 2.05) is 12.5 Å². The molecule has 0 heterocycles. The maximum absolute atomic E-state index is 10.4. The van der Waals surface area contributed by atoms with E-state index in [-0.39, 0.29) is 0 Å². The van der Waals surface area contributed by atoms with Crippen LogP contribution in [0.3, 0.4) is 0 Å². The molecule has 0 fully saturated rings. The summed E-state index contributed by atoms with van der Waals surface area (Å²) < 4.78 is 0. The second-order valence-electron chi connectivity index (χ2n) is 3.91. The summed E-state index contributed by atoms with van der Waals surface area (Å²) in [5.41, 5.74) is 0. The third-order valence-corrected chi connectivity index (χ3v) is 3.64. The molecule has 0 aromatic rings. The van der Waals surface area contributed by atoms with Gasteiger partial charge >= 0.3 is 11.9 Å². The highest BCUT2D eigenvalue weighted by Crippen LogP contribution is 2.00. The van der Waals surface area contributed by atoms with Crippen LogP contribution in [0.5, 0.6) is 0 Å². The number of carbonyl (C=O) groups excluding carboxylic acids is 2. The Labute approximate surface area is 137 Å². The Hall–Kier alpha value is -1.42. The maximum atomic E-state index is 10.4. The standard InChI is InChI=1S/2C6H11NO3S/c2*1-11-3-2-5(6(9)10)7-4-8/h2*4-5H,2-3H2,1H3,(H,7,8)(H,9,10). The molecule has 0 saturated carbocycles. The van der Waals surface area contributed by atoms with Gasteiger partial charge < -0.3 is 20.8 Å². The fraction of sp³-hybridized carbons (Fsp3) is 0.667. The van der Waals surface area contributed by atoms with E-state index < -0.39 is 24.0 Å². The molecule has 2 unspecified atom stereocenters. The first-order valence-electron chi connectivity index (χ1n) is 6.27. The third-order valence-electron chi connectivity index (χ3n) is 2.36. The number of nitrogens with one attached hydrogen (secondary N) is 2. The van der Waals surface area contributed by atoms with Crippen molar-refractivity contribution in [1.29, 1.82) is 0 Å². The second kappa shape index (κ2) is 16.0. The first kappa shape index (κ1) is 22.9. The summed E-state index contributed by atoms with van der Waals surface area (Å²) in [6.45, 7) is 0. The summed E-state index contributed by atoms with van der Waals surface area (Å²) in [6.07, 6.45) is 5.54. The number of carboxylic acid groups (broad SMARTS) is 2. The molecule has 10 heteroatoms. The largest absolute Gasteiger partial charge is 0.480 e. The lowest BCUT2D eigenvalue weighted by atomic mass is 10.2. The summed E-state index contributed by atoms with van der Waals surface area (Å²) >= 11 is 3.11. The van der Waals surface area contributed by atoms with Gasteiger partial charge in [0.1, 0.15) is 12.1 Å². The molecule has 0 saturated heterocycles. The van der Waals surface area contributed by atoms with E-state index in [1.54, 1.807) is 23.5 Å². The molecule has 0 aliphatic heterocycles. The Bertz CT molecular complexity index is 312. The van der Waals surface area contributed by atoms with Gasteiger partial charge in [0.05, 0.1) is 0 Å². The number of aliphatic carboxylic acids is 2. The summed E-state index contributed by atoms with van der Waals surface area (Å²) in [5, 5.41) is 21.4. The van der Waals surface area contributed by atoms with Crippen molar-refractivity contribution in [2.24, 2.45) is 0 Å². The van der Waals surface area contributed by atoms with Crippen molar-refractivity contribution in [2.45, 2.75) is 24.9 Å². The van der Waals surface area contributed by atoms with Crippen LogP contribution in [0.4, 0.5) is 0 Å². The minimum absolute atomic E-state index is 0.416. The number of hydrogen-bond donors (Lipinski definition) is 4. The zero-order chi connectivity index (χ0) is 17.4. The first-order chi connectivity index (χ1) is 10.4. The summed E-state index contributed by atoms with van der Waals surface area (Å²) in [6, 6.07) is -1.47. The van der Waals surface area contributed by atoms with Gasteiger partial charge in [-0.15, -0.1) is 0 Å². The molecule has 0 radical (unpaired) electrons. The molecule has 0 aliphatic carbocycles. The topological polar surface area (TPSA) is 133 Å². The number of carbonyl (C=O) groups is 4. The summed E-state index contributed by atoms with van der Waals surface area (Å²) in [5.74, 6) is -0.493. The van der Waals surface area contributed by atoms with Gasteiger partial charge in [-0.3, -0.25) is 9.59 Å². The van der Waals surface area contributed by atoms with Gasteiger partial charge in [-0.2, -0.15) is 23.5 Å². The Balaban J connectivity index is 0. The van der Waals surface area contributed by atoms with Crippen LogP contribution in [0.2, 0.25) is 0 Å². The molecule has 2 atom stereocenters. The van der Waals surface area contributed by atoms with E-state index in [4.69, 9.17) is 10.2 Å². The van der Waals surface area contributed by atoms with Crippen molar-refractivity contribution in [3.05, 3.63) is 0 Å². The second-order valence-corrected chi connectivity index (χ2v) is 5.88. The molecule has 0 rings (SSSR count). The van der Waals surface area contributed by atoms with Crippen LogP contribution >= 0.6 is 23.5 Å². The highest BCUT2D eigenvalue weighted by atomic mass is 32.2. The highest BCUT2D eigenvalue weighted by molar-refractivity contribution is 7.98. The Morgan fingerprint density at radius 1 is 0.909 bits per heavy atom. The van der Waals surface area contributed by atoms with Gasteiger partial charge in [0.15, 0.2) is 0 Å². The van der Waals surface area contributed by atoms with Crippen LogP contribution in [0.25, 0.3) is 0 Å². The van der Waals surface area contributed by atoms with Gasteiger partial charge in [-0.1, -0.05) is 0 Å². The van der Waals surface area contributed by atoms with Gasteiger partial charge in [-0.05, 0) is 36.9 Å². The van der Waals surface area contributed by atoms with Crippen molar-refractivity contribution in [2.75, 3.05) is 24.0 Å². The average Bonchev–Trinajstić information content (AvgIpc) is 2.48. The molecule has 0 aromatic heterocycles. The number of rotatable bonds is 12. The molecule has 2 amide bonds. The Morgan fingerprint density at radius 2 is 1.23 bits per heavy atom. The first-order valence-corrected chi connectivity index (χ1v) is 9.06. The molecule has 8 nitrogen and oxygen atoms in total. The minimum atomic E-state index is -0.980. The van der Waals surface area contributed by atoms with Crippen LogP contribution in [0.15, 0.2) is 0 Å². The zero-order valence-corrected chi connectivity index (χ0v) is 14.1. The molecule has 4 N–H and O–H groups in total. The van der Waals surface area contributed by atoms with E-state index in [9.17, 15) is 19.2 Å². The van der Waals surface area contributed by atoms with Crippen LogP contribution in [-0.2, 0) is 19.2 Å². The van der Waals surface area contributed by atoms with Gasteiger partial charge in [0, 0.05) is 0 Å². The lowest BCUT2D eigenvalue weighted by Gasteiger charge is -2.08. The Kier molecular flexibility index (Phi) is 16.6. The molecular weight excluding hydrogens is 332 g/mol. The van der Waals surface area contributed by atoms with Crippen molar-refractivity contribution in [3.63, 3.8) is 0 Å². The lowest BCUT2D eigenvalue weighted by molar-refractivity contribution is -0.141. The third kappa shape index (κ3) is 13.6. The normalized spacial score (nSPS) is 12.1. The lowest BCUT2D eigenvalue weighted by Crippen LogP contribution is -2.36. The van der Waals surface area contributed by atoms with Gasteiger partial charge in [-0.25, -0.2) is 9.59 Å². The predicted octanol–water partition coefficient (Wildman–Crippen LogP) is -0.123. The van der Waals surface area contributed by atoms with Crippen molar-refractivity contribution in [1.82, 2.24) is 10.6 Å². The van der Waals surface area contributed by atoms with Crippen LogP contribution in [0.1, 0.15) is 12.8 Å². The van der Waals surface area contributed by atoms with Crippen LogP contribution in [0, 0.1) is 0 Å². The van der Waals surface area contributed by atoms with Crippen molar-refractivity contribution >= 4 is 48.3 Å². The fourth-order valence-electron chi connectivity index (χ4n) is 1.19. The number of carboxylic acids is 2. The number of thioether (sulfide) groups is 2. The van der Waals surface area contributed by atoms with E-state index in [0.29, 0.717) is 25.7 Å². The smallest absolute Gasteiger partial charge is 0.326 e. The highest BCUT2D eigenvalue weighted by Gasteiger charge is 2.15. The maximum Gasteiger partial charge on any atom is 0.326 e. The van der Waals surface area contributed by atoms with E-state index >= 15 is 0 Å². The molecule has 0 aliphatic rings. The molecule has 0 aromatic carbocycles. The number of hydrogen-bond acceptors (Lipinski definition) is 6. The summed E-state index contributed by atoms with van der Waals surface area (Å²) in [7, 11) is 0. The Morgan fingerprint density at radius 3 is 1.41 bits per heavy atom. The van der Waals surface area contributed by atoms with Gasteiger partial charge in [0.2, 0.25) is 12.8 Å². The summed E-state index contributed by atoms with van der Waals surface area (Å²) in [4.78, 5) is 40.5. The minimum Gasteiger partial charge on any atom is -0.480 e. The average molecular weight is 354 g/mol. The quantitative estimate of drug-likeness (QED) is 0.357. The van der Waals surface area contributed by atoms with Crippen LogP contribution in [-0.4, -0.2) is 71.1 Å². The fourth-order valence-corrected chi connectivity index (χ4v) is 2.13. The predicted molar refractivity (Wildman–Crippen MR) is 87.2 cm³/mol. The van der Waals surface area contributed by atoms with Crippen molar-refractivity contribution < 1.29 is 29.4 Å². The van der Waals surface area contributed by atoms with Crippen molar-refractivity contribution in [3.8, 4) is 0 Å². The van der Waals surface area contributed by atoms with E-state index in [0.717, 1.165) is 11.5 Å². The molecular formula is C12H22N2O6S2.